The van der Waals surface area contributed by atoms with Crippen LogP contribution in [0, 0.1) is 5.82 Å². The second-order valence-electron chi connectivity index (χ2n) is 7.01. The van der Waals surface area contributed by atoms with Gasteiger partial charge in [0, 0.05) is 38.4 Å². The third-order valence-corrected chi connectivity index (χ3v) is 6.53. The number of ether oxygens (including phenoxy) is 2. The fraction of sp³-hybridized carbons (Fsp3) is 0.182. The number of rotatable bonds is 5. The molecule has 1 unspecified atom stereocenters. The number of nitrogens with zero attached hydrogens (tertiary/aromatic N) is 2. The average Bonchev–Trinajstić information content (AvgIpc) is 3.01. The summed E-state index contributed by atoms with van der Waals surface area (Å²) in [6, 6.07) is 8.62. The SMILES string of the molecule is COc1ccc(CN2C(=O)c3c(Cl)ncc(Br)c3C2(O)c2cc(F)ccc2Cl)c(OC)c1. The van der Waals surface area contributed by atoms with E-state index < -0.39 is 17.4 Å². The van der Waals surface area contributed by atoms with Crippen LogP contribution in [0.2, 0.25) is 10.2 Å². The van der Waals surface area contributed by atoms with Crippen molar-refractivity contribution >= 4 is 45.0 Å². The maximum atomic E-state index is 14.2. The largest absolute Gasteiger partial charge is 0.497 e. The Kier molecular flexibility index (Phi) is 6.06. The zero-order valence-electron chi connectivity index (χ0n) is 16.8. The normalized spacial score (nSPS) is 17.5. The molecule has 0 aliphatic carbocycles. The molecule has 6 nitrogen and oxygen atoms in total. The number of carbonyl (C=O) groups is 1. The molecular weight excluding hydrogens is 526 g/mol. The van der Waals surface area contributed by atoms with Crippen molar-refractivity contribution in [2.45, 2.75) is 12.3 Å². The molecule has 1 N–H and O–H groups in total. The lowest BCUT2D eigenvalue weighted by Gasteiger charge is -2.36. The van der Waals surface area contributed by atoms with Crippen molar-refractivity contribution in [2.75, 3.05) is 14.2 Å². The van der Waals surface area contributed by atoms with Gasteiger partial charge in [0.25, 0.3) is 5.91 Å². The molecule has 4 rings (SSSR count). The Morgan fingerprint density at radius 3 is 2.62 bits per heavy atom. The van der Waals surface area contributed by atoms with E-state index in [0.29, 0.717) is 21.5 Å². The highest BCUT2D eigenvalue weighted by Crippen LogP contribution is 2.50. The van der Waals surface area contributed by atoms with Crippen molar-refractivity contribution in [3.8, 4) is 11.5 Å². The minimum atomic E-state index is -2.14. The van der Waals surface area contributed by atoms with Crippen LogP contribution in [0.25, 0.3) is 0 Å². The Labute approximate surface area is 201 Å². The maximum absolute atomic E-state index is 14.2. The third kappa shape index (κ3) is 3.51. The number of fused-ring (bicyclic) bond motifs is 1. The van der Waals surface area contributed by atoms with E-state index in [1.54, 1.807) is 18.2 Å². The van der Waals surface area contributed by atoms with Gasteiger partial charge in [0.05, 0.1) is 26.3 Å². The molecule has 1 amide bonds. The molecule has 2 aromatic carbocycles. The molecule has 0 fully saturated rings. The summed E-state index contributed by atoms with van der Waals surface area (Å²) < 4.78 is 25.2. The molecule has 166 valence electrons. The molecule has 32 heavy (non-hydrogen) atoms. The monoisotopic (exact) mass is 540 g/mol. The van der Waals surface area contributed by atoms with Gasteiger partial charge in [-0.15, -0.1) is 0 Å². The standard InChI is InChI=1S/C22H16BrCl2FN2O4/c1-31-13-5-3-11(17(8-13)32-2)10-28-21(29)18-19(15(23)9-27-20(18)25)22(28,30)14-7-12(26)4-6-16(14)24/h3-9,30H,10H2,1-2H3. The van der Waals surface area contributed by atoms with E-state index in [2.05, 4.69) is 20.9 Å². The second kappa shape index (κ2) is 8.51. The fourth-order valence-corrected chi connectivity index (χ4v) is 4.85. The molecule has 3 aromatic rings. The third-order valence-electron chi connectivity index (χ3n) is 5.31. The van der Waals surface area contributed by atoms with Crippen LogP contribution >= 0.6 is 39.1 Å². The number of methoxy groups -OCH3 is 2. The van der Waals surface area contributed by atoms with Gasteiger partial charge in [-0.3, -0.25) is 9.69 Å². The van der Waals surface area contributed by atoms with Gasteiger partial charge in [0.1, 0.15) is 22.5 Å². The van der Waals surface area contributed by atoms with Crippen molar-refractivity contribution in [3.63, 3.8) is 0 Å². The molecule has 2 heterocycles. The van der Waals surface area contributed by atoms with E-state index in [-0.39, 0.29) is 33.4 Å². The number of pyridine rings is 1. The first kappa shape index (κ1) is 22.8. The summed E-state index contributed by atoms with van der Waals surface area (Å²) in [6.45, 7) is -0.104. The van der Waals surface area contributed by atoms with Crippen molar-refractivity contribution in [1.82, 2.24) is 9.88 Å². The van der Waals surface area contributed by atoms with Crippen molar-refractivity contribution in [2.24, 2.45) is 0 Å². The number of aromatic nitrogens is 1. The number of aliphatic hydroxyl groups is 1. The smallest absolute Gasteiger partial charge is 0.260 e. The van der Waals surface area contributed by atoms with E-state index >= 15 is 0 Å². The minimum absolute atomic E-state index is 0.00338. The van der Waals surface area contributed by atoms with Crippen molar-refractivity contribution in [1.29, 1.82) is 0 Å². The fourth-order valence-electron chi connectivity index (χ4n) is 3.80. The first-order chi connectivity index (χ1) is 15.2. The molecule has 1 aliphatic heterocycles. The topological polar surface area (TPSA) is 71.9 Å². The van der Waals surface area contributed by atoms with Crippen LogP contribution < -0.4 is 9.47 Å². The molecular formula is C22H16BrCl2FN2O4. The van der Waals surface area contributed by atoms with Crippen LogP contribution in [0.5, 0.6) is 11.5 Å². The second-order valence-corrected chi connectivity index (χ2v) is 8.63. The van der Waals surface area contributed by atoms with Gasteiger partial charge >= 0.3 is 0 Å². The zero-order chi connectivity index (χ0) is 23.2. The average molecular weight is 542 g/mol. The Morgan fingerprint density at radius 2 is 1.94 bits per heavy atom. The van der Waals surface area contributed by atoms with Crippen LogP contribution in [0.1, 0.15) is 27.0 Å². The van der Waals surface area contributed by atoms with E-state index in [4.69, 9.17) is 32.7 Å². The molecule has 10 heteroatoms. The summed E-state index contributed by atoms with van der Waals surface area (Å²) in [7, 11) is 3.00. The first-order valence-corrected chi connectivity index (χ1v) is 10.8. The zero-order valence-corrected chi connectivity index (χ0v) is 19.9. The lowest BCUT2D eigenvalue weighted by molar-refractivity contribution is -0.0550. The van der Waals surface area contributed by atoms with Gasteiger partial charge in [-0.2, -0.15) is 0 Å². The molecule has 0 radical (unpaired) electrons. The Morgan fingerprint density at radius 1 is 1.19 bits per heavy atom. The van der Waals surface area contributed by atoms with Crippen molar-refractivity contribution < 1.29 is 23.8 Å². The predicted molar refractivity (Wildman–Crippen MR) is 121 cm³/mol. The number of halogens is 4. The van der Waals surface area contributed by atoms with Crippen molar-refractivity contribution in [3.05, 3.63) is 85.3 Å². The quantitative estimate of drug-likeness (QED) is 0.452. The number of amides is 1. The van der Waals surface area contributed by atoms with Crippen LogP contribution in [0.3, 0.4) is 0 Å². The van der Waals surface area contributed by atoms with Crippen LogP contribution in [0.4, 0.5) is 4.39 Å². The Balaban J connectivity index is 1.96. The summed E-state index contributed by atoms with van der Waals surface area (Å²) in [5, 5.41) is 12.0. The molecule has 0 saturated carbocycles. The lowest BCUT2D eigenvalue weighted by Crippen LogP contribution is -2.44. The van der Waals surface area contributed by atoms with E-state index in [1.807, 2.05) is 0 Å². The molecule has 0 spiro atoms. The summed E-state index contributed by atoms with van der Waals surface area (Å²) in [6.07, 6.45) is 1.37. The van der Waals surface area contributed by atoms with Gasteiger partial charge in [0.15, 0.2) is 5.72 Å². The summed E-state index contributed by atoms with van der Waals surface area (Å²) in [5.41, 5.74) is -1.46. The van der Waals surface area contributed by atoms with Gasteiger partial charge < -0.3 is 14.6 Å². The van der Waals surface area contributed by atoms with Crippen LogP contribution in [-0.4, -0.2) is 35.1 Å². The molecule has 0 saturated heterocycles. The predicted octanol–water partition coefficient (Wildman–Crippen LogP) is 5.16. The Bertz CT molecular complexity index is 1240. The number of hydrogen-bond acceptors (Lipinski definition) is 5. The highest BCUT2D eigenvalue weighted by molar-refractivity contribution is 9.10. The highest BCUT2D eigenvalue weighted by Gasteiger charge is 2.53. The maximum Gasteiger partial charge on any atom is 0.260 e. The van der Waals surface area contributed by atoms with E-state index in [9.17, 15) is 14.3 Å². The summed E-state index contributed by atoms with van der Waals surface area (Å²) in [5.74, 6) is -0.236. The minimum Gasteiger partial charge on any atom is -0.497 e. The van der Waals surface area contributed by atoms with Crippen LogP contribution in [0.15, 0.2) is 47.1 Å². The van der Waals surface area contributed by atoms with Gasteiger partial charge in [-0.25, -0.2) is 9.37 Å². The van der Waals surface area contributed by atoms with E-state index in [0.717, 1.165) is 17.0 Å². The summed E-state index contributed by atoms with van der Waals surface area (Å²) in [4.78, 5) is 18.7. The number of carbonyl (C=O) groups excluding carboxylic acids is 1. The lowest BCUT2D eigenvalue weighted by atomic mass is 9.94. The van der Waals surface area contributed by atoms with Crippen LogP contribution in [-0.2, 0) is 12.3 Å². The summed E-state index contributed by atoms with van der Waals surface area (Å²) >= 11 is 16.0. The Hall–Kier alpha value is -2.39. The highest BCUT2D eigenvalue weighted by atomic mass is 79.9. The molecule has 1 aromatic heterocycles. The van der Waals surface area contributed by atoms with E-state index in [1.165, 1.54) is 26.5 Å². The number of benzene rings is 2. The molecule has 1 aliphatic rings. The van der Waals surface area contributed by atoms with Gasteiger partial charge in [-0.05, 0) is 46.3 Å². The van der Waals surface area contributed by atoms with Gasteiger partial charge in [0.2, 0.25) is 0 Å². The van der Waals surface area contributed by atoms with Gasteiger partial charge in [-0.1, -0.05) is 23.2 Å². The molecule has 0 bridgehead atoms. The number of hydrogen-bond donors (Lipinski definition) is 1. The molecule has 1 atom stereocenters. The first-order valence-electron chi connectivity index (χ1n) is 9.27.